The van der Waals surface area contributed by atoms with E-state index in [0.717, 1.165) is 12.1 Å². The van der Waals surface area contributed by atoms with Crippen LogP contribution in [-0.4, -0.2) is 74.2 Å². The molecule has 2 unspecified atom stereocenters. The average Bonchev–Trinajstić information content (AvgIpc) is 2.58. The molecular weight excluding hydrogens is 332 g/mol. The van der Waals surface area contributed by atoms with Crippen LogP contribution in [0.3, 0.4) is 0 Å². The Bertz CT molecular complexity index is 611. The molecule has 1 aromatic rings. The maximum absolute atomic E-state index is 12.4. The van der Waals surface area contributed by atoms with Crippen molar-refractivity contribution in [3.63, 3.8) is 0 Å². The lowest BCUT2D eigenvalue weighted by Gasteiger charge is -2.35. The number of hydrogen-bond acceptors (Lipinski definition) is 4. The Hall–Kier alpha value is -2.12. The molecule has 0 bridgehead atoms. The van der Waals surface area contributed by atoms with Crippen molar-refractivity contribution in [1.29, 1.82) is 0 Å². The second-order valence-electron chi connectivity index (χ2n) is 7.08. The molecule has 1 saturated heterocycles. The van der Waals surface area contributed by atoms with Crippen LogP contribution in [0.2, 0.25) is 0 Å². The molecule has 0 spiro atoms. The third kappa shape index (κ3) is 6.31. The van der Waals surface area contributed by atoms with Gasteiger partial charge in [0.2, 0.25) is 0 Å². The Labute approximate surface area is 155 Å². The Morgan fingerprint density at radius 2 is 1.88 bits per heavy atom. The summed E-state index contributed by atoms with van der Waals surface area (Å²) >= 11 is 0. The molecule has 3 amide bonds. The number of ether oxygens (including phenoxy) is 1. The van der Waals surface area contributed by atoms with Crippen LogP contribution >= 0.6 is 0 Å². The highest BCUT2D eigenvalue weighted by atomic mass is 16.5. The first-order chi connectivity index (χ1) is 12.3. The third-order valence-electron chi connectivity index (χ3n) is 4.18. The van der Waals surface area contributed by atoms with Crippen LogP contribution in [0.4, 0.5) is 4.79 Å². The van der Waals surface area contributed by atoms with E-state index in [9.17, 15) is 9.59 Å². The number of carbonyl (C=O) groups excluding carboxylic acids is 2. The monoisotopic (exact) mass is 362 g/mol. The zero-order chi connectivity index (χ0) is 19.1. The van der Waals surface area contributed by atoms with Crippen LogP contribution in [0.25, 0.3) is 0 Å². The quantitative estimate of drug-likeness (QED) is 0.800. The fraction of sp³-hybridized carbons (Fsp3) is 0.579. The lowest BCUT2D eigenvalue weighted by molar-refractivity contribution is -0.0545. The van der Waals surface area contributed by atoms with E-state index in [2.05, 4.69) is 10.6 Å². The molecule has 0 saturated carbocycles. The van der Waals surface area contributed by atoms with Gasteiger partial charge in [-0.3, -0.25) is 4.79 Å². The van der Waals surface area contributed by atoms with Crippen molar-refractivity contribution in [3.8, 4) is 0 Å². The van der Waals surface area contributed by atoms with Gasteiger partial charge in [-0.15, -0.1) is 0 Å². The van der Waals surface area contributed by atoms with E-state index in [1.165, 1.54) is 0 Å². The van der Waals surface area contributed by atoms with Crippen molar-refractivity contribution in [2.45, 2.75) is 32.6 Å². The van der Waals surface area contributed by atoms with Crippen molar-refractivity contribution < 1.29 is 14.3 Å². The van der Waals surface area contributed by atoms with Crippen LogP contribution in [0.5, 0.6) is 0 Å². The Kier molecular flexibility index (Phi) is 7.41. The number of rotatable bonds is 6. The second-order valence-corrected chi connectivity index (χ2v) is 7.08. The Balaban J connectivity index is 1.86. The number of urea groups is 1. The van der Waals surface area contributed by atoms with Crippen LogP contribution in [0.1, 0.15) is 29.8 Å². The van der Waals surface area contributed by atoms with Gasteiger partial charge < -0.3 is 25.2 Å². The van der Waals surface area contributed by atoms with Gasteiger partial charge in [-0.2, -0.15) is 0 Å². The molecular formula is C19H30N4O3. The summed E-state index contributed by atoms with van der Waals surface area (Å²) in [6.45, 7) is 6.88. The molecule has 26 heavy (non-hydrogen) atoms. The zero-order valence-electron chi connectivity index (χ0n) is 16.1. The first-order valence-electron chi connectivity index (χ1n) is 9.05. The van der Waals surface area contributed by atoms with Crippen molar-refractivity contribution in [3.05, 3.63) is 35.4 Å². The molecule has 7 heteroatoms. The van der Waals surface area contributed by atoms with E-state index in [-0.39, 0.29) is 24.1 Å². The van der Waals surface area contributed by atoms with Crippen LogP contribution in [0, 0.1) is 0 Å². The van der Waals surface area contributed by atoms with Crippen LogP contribution in [-0.2, 0) is 11.3 Å². The molecule has 2 N–H and O–H groups in total. The van der Waals surface area contributed by atoms with Crippen LogP contribution in [0.15, 0.2) is 24.3 Å². The smallest absolute Gasteiger partial charge is 0.317 e. The minimum absolute atomic E-state index is 0.0405. The molecule has 0 aromatic heterocycles. The van der Waals surface area contributed by atoms with Crippen molar-refractivity contribution in [1.82, 2.24) is 20.4 Å². The molecule has 1 heterocycles. The summed E-state index contributed by atoms with van der Waals surface area (Å²) in [6, 6.07) is 7.23. The lowest BCUT2D eigenvalue weighted by atomic mass is 10.1. The number of nitrogens with zero attached hydrogens (tertiary/aromatic N) is 2. The van der Waals surface area contributed by atoms with E-state index in [1.807, 2.05) is 51.0 Å². The molecule has 0 aliphatic carbocycles. The summed E-state index contributed by atoms with van der Waals surface area (Å²) in [7, 11) is 3.93. The first kappa shape index (κ1) is 20.2. The molecule has 2 atom stereocenters. The molecule has 1 fully saturated rings. The topological polar surface area (TPSA) is 73.9 Å². The van der Waals surface area contributed by atoms with Gasteiger partial charge in [-0.25, -0.2) is 4.79 Å². The van der Waals surface area contributed by atoms with Gasteiger partial charge in [0.05, 0.1) is 12.2 Å². The van der Waals surface area contributed by atoms with Gasteiger partial charge in [-0.1, -0.05) is 12.1 Å². The van der Waals surface area contributed by atoms with Gasteiger partial charge in [0, 0.05) is 38.3 Å². The summed E-state index contributed by atoms with van der Waals surface area (Å²) in [4.78, 5) is 28.3. The van der Waals surface area contributed by atoms with E-state index >= 15 is 0 Å². The minimum atomic E-state index is -0.104. The van der Waals surface area contributed by atoms with E-state index in [0.29, 0.717) is 31.7 Å². The average molecular weight is 362 g/mol. The predicted molar refractivity (Wildman–Crippen MR) is 101 cm³/mol. The Morgan fingerprint density at radius 3 is 2.54 bits per heavy atom. The van der Waals surface area contributed by atoms with Crippen molar-refractivity contribution in [2.75, 3.05) is 40.3 Å². The number of likely N-dealkylation sites (N-methyl/N-ethyl adjacent to an activating group) is 1. The molecule has 1 aromatic carbocycles. The molecule has 2 rings (SSSR count). The number of hydrogen-bond donors (Lipinski definition) is 2. The Morgan fingerprint density at radius 1 is 1.19 bits per heavy atom. The van der Waals surface area contributed by atoms with E-state index in [4.69, 9.17) is 4.74 Å². The molecule has 0 radical (unpaired) electrons. The molecule has 1 aliphatic rings. The lowest BCUT2D eigenvalue weighted by Crippen LogP contribution is -2.51. The second kappa shape index (κ2) is 9.54. The summed E-state index contributed by atoms with van der Waals surface area (Å²) < 4.78 is 5.65. The van der Waals surface area contributed by atoms with Gasteiger partial charge in [-0.05, 0) is 45.6 Å². The predicted octanol–water partition coefficient (Wildman–Crippen LogP) is 1.30. The first-order valence-corrected chi connectivity index (χ1v) is 9.05. The van der Waals surface area contributed by atoms with Gasteiger partial charge in [0.1, 0.15) is 0 Å². The highest BCUT2D eigenvalue weighted by Gasteiger charge is 2.25. The number of carbonyl (C=O) groups is 2. The maximum atomic E-state index is 12.4. The van der Waals surface area contributed by atoms with Gasteiger partial charge >= 0.3 is 6.03 Å². The molecule has 144 valence electrons. The molecule has 1 aliphatic heterocycles. The van der Waals surface area contributed by atoms with E-state index < -0.39 is 0 Å². The summed E-state index contributed by atoms with van der Waals surface area (Å²) in [5.41, 5.74) is 1.50. The molecule has 7 nitrogen and oxygen atoms in total. The summed E-state index contributed by atoms with van der Waals surface area (Å²) in [6.07, 6.45) is 0.0809. The van der Waals surface area contributed by atoms with Gasteiger partial charge in [0.15, 0.2) is 0 Å². The third-order valence-corrected chi connectivity index (χ3v) is 4.18. The summed E-state index contributed by atoms with van der Waals surface area (Å²) in [5, 5.41) is 5.82. The van der Waals surface area contributed by atoms with Crippen LogP contribution < -0.4 is 10.6 Å². The largest absolute Gasteiger partial charge is 0.372 e. The minimum Gasteiger partial charge on any atom is -0.372 e. The SMILES string of the molecule is CC1CN(C(=O)NCc2cccc(C(=O)NCCN(C)C)c2)CC(C)O1. The van der Waals surface area contributed by atoms with E-state index in [1.54, 1.807) is 11.0 Å². The van der Waals surface area contributed by atoms with Crippen molar-refractivity contribution >= 4 is 11.9 Å². The fourth-order valence-electron chi connectivity index (χ4n) is 2.95. The fourth-order valence-corrected chi connectivity index (χ4v) is 2.95. The highest BCUT2D eigenvalue weighted by molar-refractivity contribution is 5.94. The summed E-state index contributed by atoms with van der Waals surface area (Å²) in [5.74, 6) is -0.101. The van der Waals surface area contributed by atoms with Crippen molar-refractivity contribution in [2.24, 2.45) is 0 Å². The maximum Gasteiger partial charge on any atom is 0.317 e. The zero-order valence-corrected chi connectivity index (χ0v) is 16.1. The highest BCUT2D eigenvalue weighted by Crippen LogP contribution is 2.11. The number of amides is 3. The number of benzene rings is 1. The van der Waals surface area contributed by atoms with Gasteiger partial charge in [0.25, 0.3) is 5.91 Å². The number of morpholine rings is 1. The normalized spacial score (nSPS) is 20.1. The number of nitrogens with one attached hydrogen (secondary N) is 2. The standard InChI is InChI=1S/C19H30N4O3/c1-14-12-23(13-15(2)26-14)19(25)21-11-16-6-5-7-17(10-16)18(24)20-8-9-22(3)4/h5-7,10,14-15H,8-9,11-13H2,1-4H3,(H,20,24)(H,21,25).